The number of hydrogen-bond acceptors (Lipinski definition) is 5. The van der Waals surface area contributed by atoms with E-state index >= 15 is 0 Å². The lowest BCUT2D eigenvalue weighted by molar-refractivity contribution is -0.152. The van der Waals surface area contributed by atoms with E-state index in [9.17, 15) is 9.59 Å². The molecule has 0 aliphatic carbocycles. The molecule has 0 aromatic heterocycles. The molecule has 8 heteroatoms. The Bertz CT molecular complexity index is 453. The zero-order valence-corrected chi connectivity index (χ0v) is 12.4. The summed E-state index contributed by atoms with van der Waals surface area (Å²) in [6, 6.07) is -0.475. The van der Waals surface area contributed by atoms with Crippen LogP contribution in [-0.2, 0) is 14.3 Å². The van der Waals surface area contributed by atoms with E-state index in [1.807, 2.05) is 0 Å². The van der Waals surface area contributed by atoms with Crippen LogP contribution in [-0.4, -0.2) is 47.8 Å². The van der Waals surface area contributed by atoms with Gasteiger partial charge in [-0.25, -0.2) is 9.59 Å². The van der Waals surface area contributed by atoms with Crippen molar-refractivity contribution in [3.8, 4) is 0 Å². The Morgan fingerprint density at radius 3 is 2.50 bits per heavy atom. The zero-order valence-electron chi connectivity index (χ0n) is 12.4. The van der Waals surface area contributed by atoms with Crippen LogP contribution in [0.4, 0.5) is 4.79 Å². The maximum Gasteiger partial charge on any atom is 0.411 e. The van der Waals surface area contributed by atoms with Gasteiger partial charge in [-0.15, -0.1) is 0 Å². The minimum Gasteiger partial charge on any atom is -0.467 e. The van der Waals surface area contributed by atoms with Gasteiger partial charge in [-0.05, 0) is 39.6 Å². The quantitative estimate of drug-likeness (QED) is 0.335. The minimum atomic E-state index is -1.18. The van der Waals surface area contributed by atoms with Gasteiger partial charge < -0.3 is 9.47 Å². The third-order valence-electron chi connectivity index (χ3n) is 3.08. The van der Waals surface area contributed by atoms with Crippen LogP contribution >= 0.6 is 0 Å². The summed E-state index contributed by atoms with van der Waals surface area (Å²) in [6.45, 7) is 6.92. The van der Waals surface area contributed by atoms with Gasteiger partial charge in [0.2, 0.25) is 0 Å². The summed E-state index contributed by atoms with van der Waals surface area (Å²) in [4.78, 5) is 28.2. The van der Waals surface area contributed by atoms with Crippen molar-refractivity contribution >= 4 is 12.1 Å². The number of carbonyl (C=O) groups excluding carboxylic acids is 2. The fraction of sp³-hybridized carbons (Fsp3) is 0.833. The van der Waals surface area contributed by atoms with Crippen molar-refractivity contribution in [2.45, 2.75) is 51.3 Å². The molecule has 0 spiro atoms. The lowest BCUT2D eigenvalue weighted by atomic mass is 9.98. The highest BCUT2D eigenvalue weighted by atomic mass is 16.6. The SMILES string of the molecule is COC(=O)C1(C)CC(N=[N+]=[N-])CN1C(=O)OC(C)(C)C. The summed E-state index contributed by atoms with van der Waals surface area (Å²) in [6.07, 6.45) is -0.413. The van der Waals surface area contributed by atoms with Crippen molar-refractivity contribution in [3.05, 3.63) is 10.4 Å². The van der Waals surface area contributed by atoms with Crippen LogP contribution in [0.25, 0.3) is 10.4 Å². The Labute approximate surface area is 117 Å². The molecule has 8 nitrogen and oxygen atoms in total. The molecule has 2 unspecified atom stereocenters. The Morgan fingerprint density at radius 2 is 2.05 bits per heavy atom. The summed E-state index contributed by atoms with van der Waals surface area (Å²) < 4.78 is 10.0. The summed E-state index contributed by atoms with van der Waals surface area (Å²) >= 11 is 0. The van der Waals surface area contributed by atoms with Crippen molar-refractivity contribution in [2.75, 3.05) is 13.7 Å². The average Bonchev–Trinajstić information content (AvgIpc) is 2.65. The second-order valence-corrected chi connectivity index (χ2v) is 5.92. The molecule has 2 atom stereocenters. The zero-order chi connectivity index (χ0) is 15.6. The molecule has 0 aromatic carbocycles. The highest BCUT2D eigenvalue weighted by Gasteiger charge is 2.51. The Morgan fingerprint density at radius 1 is 1.45 bits per heavy atom. The predicted octanol–water partition coefficient (Wildman–Crippen LogP) is 2.24. The molecule has 1 aliphatic heterocycles. The highest BCUT2D eigenvalue weighted by Crippen LogP contribution is 2.33. The Balaban J connectivity index is 3.03. The first-order valence-corrected chi connectivity index (χ1v) is 6.27. The highest BCUT2D eigenvalue weighted by molar-refractivity contribution is 5.86. The molecular weight excluding hydrogens is 264 g/mol. The van der Waals surface area contributed by atoms with Gasteiger partial charge in [0, 0.05) is 11.5 Å². The van der Waals surface area contributed by atoms with Crippen LogP contribution in [0.5, 0.6) is 0 Å². The molecule has 1 aliphatic rings. The summed E-state index contributed by atoms with van der Waals surface area (Å²) in [7, 11) is 1.25. The molecule has 1 saturated heterocycles. The molecule has 0 bridgehead atoms. The van der Waals surface area contributed by atoms with Gasteiger partial charge >= 0.3 is 12.1 Å². The van der Waals surface area contributed by atoms with Gasteiger partial charge in [0.25, 0.3) is 0 Å². The number of rotatable bonds is 2. The summed E-state index contributed by atoms with van der Waals surface area (Å²) in [5.74, 6) is -0.556. The van der Waals surface area contributed by atoms with E-state index in [4.69, 9.17) is 15.0 Å². The number of ether oxygens (including phenoxy) is 2. The third kappa shape index (κ3) is 3.33. The molecule has 1 fully saturated rings. The molecule has 20 heavy (non-hydrogen) atoms. The van der Waals surface area contributed by atoms with Gasteiger partial charge in [0.15, 0.2) is 0 Å². The van der Waals surface area contributed by atoms with Gasteiger partial charge in [-0.1, -0.05) is 5.11 Å². The van der Waals surface area contributed by atoms with E-state index in [2.05, 4.69) is 10.0 Å². The van der Waals surface area contributed by atoms with E-state index in [0.29, 0.717) is 0 Å². The van der Waals surface area contributed by atoms with Gasteiger partial charge in [-0.2, -0.15) is 0 Å². The first kappa shape index (κ1) is 16.1. The molecule has 112 valence electrons. The van der Waals surface area contributed by atoms with Crippen molar-refractivity contribution in [1.82, 2.24) is 4.90 Å². The average molecular weight is 284 g/mol. The van der Waals surface area contributed by atoms with Gasteiger partial charge in [0.05, 0.1) is 13.2 Å². The number of azide groups is 1. The van der Waals surface area contributed by atoms with Crippen LogP contribution in [0.3, 0.4) is 0 Å². The van der Waals surface area contributed by atoms with Crippen LogP contribution in [0, 0.1) is 0 Å². The molecular formula is C12H20N4O4. The van der Waals surface area contributed by atoms with E-state index < -0.39 is 29.2 Å². The number of methoxy groups -OCH3 is 1. The second kappa shape index (κ2) is 5.58. The van der Waals surface area contributed by atoms with E-state index in [-0.39, 0.29) is 13.0 Å². The van der Waals surface area contributed by atoms with Crippen LogP contribution in [0.15, 0.2) is 5.11 Å². The minimum absolute atomic E-state index is 0.130. The molecule has 1 heterocycles. The van der Waals surface area contributed by atoms with Crippen LogP contribution in [0.1, 0.15) is 34.1 Å². The Kier molecular flexibility index (Phi) is 4.50. The molecule has 0 radical (unpaired) electrons. The predicted molar refractivity (Wildman–Crippen MR) is 70.9 cm³/mol. The number of hydrogen-bond donors (Lipinski definition) is 0. The molecule has 1 amide bonds. The fourth-order valence-electron chi connectivity index (χ4n) is 2.20. The largest absolute Gasteiger partial charge is 0.467 e. The number of likely N-dealkylation sites (tertiary alicyclic amines) is 1. The maximum absolute atomic E-state index is 12.2. The lowest BCUT2D eigenvalue weighted by Crippen LogP contribution is -2.52. The first-order valence-electron chi connectivity index (χ1n) is 6.27. The fourth-order valence-corrected chi connectivity index (χ4v) is 2.20. The lowest BCUT2D eigenvalue weighted by Gasteiger charge is -2.33. The van der Waals surface area contributed by atoms with Gasteiger partial charge in [-0.3, -0.25) is 4.90 Å². The van der Waals surface area contributed by atoms with Crippen LogP contribution in [0.2, 0.25) is 0 Å². The third-order valence-corrected chi connectivity index (χ3v) is 3.08. The second-order valence-electron chi connectivity index (χ2n) is 5.92. The topological polar surface area (TPSA) is 105 Å². The first-order chi connectivity index (χ1) is 9.14. The number of amides is 1. The number of esters is 1. The van der Waals surface area contributed by atoms with Crippen molar-refractivity contribution in [2.24, 2.45) is 5.11 Å². The van der Waals surface area contributed by atoms with Gasteiger partial charge in [0.1, 0.15) is 11.1 Å². The Hall–Kier alpha value is -1.95. The number of carbonyl (C=O) groups is 2. The van der Waals surface area contributed by atoms with E-state index in [1.54, 1.807) is 27.7 Å². The van der Waals surface area contributed by atoms with Crippen molar-refractivity contribution in [3.63, 3.8) is 0 Å². The van der Waals surface area contributed by atoms with Crippen molar-refractivity contribution < 1.29 is 19.1 Å². The molecule has 0 saturated carbocycles. The summed E-state index contributed by atoms with van der Waals surface area (Å²) in [5.41, 5.74) is 6.65. The molecule has 0 aromatic rings. The maximum atomic E-state index is 12.2. The normalized spacial score (nSPS) is 25.9. The van der Waals surface area contributed by atoms with Crippen LogP contribution < -0.4 is 0 Å². The monoisotopic (exact) mass is 284 g/mol. The van der Waals surface area contributed by atoms with Crippen molar-refractivity contribution in [1.29, 1.82) is 0 Å². The molecule has 0 N–H and O–H groups in total. The van der Waals surface area contributed by atoms with E-state index in [0.717, 1.165) is 0 Å². The van der Waals surface area contributed by atoms with E-state index in [1.165, 1.54) is 12.0 Å². The standard InChI is InChI=1S/C12H20N4O4/c1-11(2,3)20-10(18)16-7-8(14-15-13)6-12(16,4)9(17)19-5/h8H,6-7H2,1-5H3. The number of nitrogens with zero attached hydrogens (tertiary/aromatic N) is 4. The summed E-state index contributed by atoms with van der Waals surface area (Å²) in [5, 5.41) is 3.59. The molecule has 1 rings (SSSR count). The smallest absolute Gasteiger partial charge is 0.411 e.